The summed E-state index contributed by atoms with van der Waals surface area (Å²) in [6.07, 6.45) is 8.28. The molecule has 4 unspecified atom stereocenters. The van der Waals surface area contributed by atoms with Crippen LogP contribution in [0.3, 0.4) is 0 Å². The minimum atomic E-state index is 0.319. The minimum absolute atomic E-state index is 0.319. The molecular weight excluding hydrogens is 174 g/mol. The predicted octanol–water partition coefficient (Wildman–Crippen LogP) is 1.56. The maximum atomic E-state index is 8.78. The zero-order valence-corrected chi connectivity index (χ0v) is 8.95. The van der Waals surface area contributed by atoms with Crippen LogP contribution in [0.2, 0.25) is 0 Å². The van der Waals surface area contributed by atoms with Crippen LogP contribution in [0.5, 0.6) is 0 Å². The average molecular weight is 195 g/mol. The van der Waals surface area contributed by atoms with E-state index in [9.17, 15) is 0 Å². The van der Waals surface area contributed by atoms with Crippen molar-refractivity contribution in [1.29, 1.82) is 0 Å². The number of fused-ring (bicyclic) bond motifs is 1. The Hall–Kier alpha value is -0.340. The van der Waals surface area contributed by atoms with Crippen molar-refractivity contribution >= 4 is 0 Å². The first kappa shape index (κ1) is 10.2. The van der Waals surface area contributed by atoms with Gasteiger partial charge in [0.15, 0.2) is 0 Å². The van der Waals surface area contributed by atoms with Crippen molar-refractivity contribution in [2.24, 2.45) is 17.8 Å². The molecule has 2 heteroatoms. The zero-order chi connectivity index (χ0) is 9.97. The minimum Gasteiger partial charge on any atom is -0.396 e. The normalized spacial score (nSPS) is 36.6. The molecule has 2 N–H and O–H groups in total. The quantitative estimate of drug-likeness (QED) is 0.652. The van der Waals surface area contributed by atoms with Gasteiger partial charge < -0.3 is 10.4 Å². The van der Waals surface area contributed by atoms with E-state index in [0.717, 1.165) is 30.8 Å². The summed E-state index contributed by atoms with van der Waals surface area (Å²) < 4.78 is 0. The molecule has 0 heterocycles. The summed E-state index contributed by atoms with van der Waals surface area (Å²) in [5.74, 6) is 2.36. The highest BCUT2D eigenvalue weighted by atomic mass is 16.3. The van der Waals surface area contributed by atoms with E-state index in [4.69, 9.17) is 5.11 Å². The zero-order valence-electron chi connectivity index (χ0n) is 8.95. The van der Waals surface area contributed by atoms with Crippen LogP contribution >= 0.6 is 0 Å². The number of hydrogen-bond acceptors (Lipinski definition) is 2. The van der Waals surface area contributed by atoms with Crippen LogP contribution in [0, 0.1) is 17.8 Å². The number of nitrogens with one attached hydrogen (secondary N) is 1. The third kappa shape index (κ3) is 2.01. The first-order valence-electron chi connectivity index (χ1n) is 5.82. The number of rotatable bonds is 5. The summed E-state index contributed by atoms with van der Waals surface area (Å²) in [4.78, 5) is 0. The fraction of sp³-hybridized carbons (Fsp3) is 0.833. The number of aliphatic hydroxyl groups excluding tert-OH is 1. The number of allylic oxidation sites excluding steroid dienone is 1. The maximum Gasteiger partial charge on any atom is 0.0434 e. The van der Waals surface area contributed by atoms with Gasteiger partial charge in [-0.05, 0) is 43.6 Å². The van der Waals surface area contributed by atoms with Crippen molar-refractivity contribution in [1.82, 2.24) is 5.32 Å². The molecule has 1 fully saturated rings. The second kappa shape index (κ2) is 4.45. The average Bonchev–Trinajstić information content (AvgIpc) is 2.48. The van der Waals surface area contributed by atoms with Crippen molar-refractivity contribution in [3.05, 3.63) is 12.2 Å². The smallest absolute Gasteiger partial charge is 0.0434 e. The summed E-state index contributed by atoms with van der Waals surface area (Å²) in [5.41, 5.74) is 0. The molecule has 0 amide bonds. The Kier molecular flexibility index (Phi) is 3.24. The molecule has 2 aliphatic carbocycles. The standard InChI is InChI=1S/C12H21NO/c1-9(5-6-14)8-13-12-7-10-3-2-4-11(10)12/h2,4,9-14H,3,5-8H2,1H3. The van der Waals surface area contributed by atoms with Gasteiger partial charge in [0.05, 0.1) is 0 Å². The summed E-state index contributed by atoms with van der Waals surface area (Å²) >= 11 is 0. The molecule has 2 nitrogen and oxygen atoms in total. The van der Waals surface area contributed by atoms with Crippen LogP contribution in [0.4, 0.5) is 0 Å². The van der Waals surface area contributed by atoms with Gasteiger partial charge in [-0.15, -0.1) is 0 Å². The Labute approximate surface area is 86.4 Å². The molecule has 0 saturated heterocycles. The molecule has 2 aliphatic rings. The fourth-order valence-electron chi connectivity index (χ4n) is 2.62. The SMILES string of the molecule is CC(CCO)CNC1CC2CC=CC21. The highest BCUT2D eigenvalue weighted by molar-refractivity contribution is 5.12. The van der Waals surface area contributed by atoms with Gasteiger partial charge in [-0.3, -0.25) is 0 Å². The third-order valence-electron chi connectivity index (χ3n) is 3.71. The summed E-state index contributed by atoms with van der Waals surface area (Å²) in [5, 5.41) is 12.4. The van der Waals surface area contributed by atoms with Gasteiger partial charge in [0.25, 0.3) is 0 Å². The Morgan fingerprint density at radius 1 is 1.57 bits per heavy atom. The molecule has 2 rings (SSSR count). The Morgan fingerprint density at radius 3 is 3.14 bits per heavy atom. The van der Waals surface area contributed by atoms with Crippen LogP contribution in [-0.4, -0.2) is 24.3 Å². The molecule has 80 valence electrons. The van der Waals surface area contributed by atoms with Gasteiger partial charge in [0.1, 0.15) is 0 Å². The van der Waals surface area contributed by atoms with E-state index in [1.165, 1.54) is 12.8 Å². The summed E-state index contributed by atoms with van der Waals surface area (Å²) in [6, 6.07) is 0.722. The van der Waals surface area contributed by atoms with E-state index >= 15 is 0 Å². The van der Waals surface area contributed by atoms with Gasteiger partial charge in [-0.2, -0.15) is 0 Å². The van der Waals surface area contributed by atoms with Crippen LogP contribution in [0.1, 0.15) is 26.2 Å². The van der Waals surface area contributed by atoms with E-state index in [1.807, 2.05) is 0 Å². The molecule has 0 bridgehead atoms. The van der Waals surface area contributed by atoms with Crippen molar-refractivity contribution in [3.63, 3.8) is 0 Å². The van der Waals surface area contributed by atoms with Crippen LogP contribution < -0.4 is 5.32 Å². The van der Waals surface area contributed by atoms with Gasteiger partial charge in [0.2, 0.25) is 0 Å². The Balaban J connectivity index is 1.65. The molecule has 0 spiro atoms. The lowest BCUT2D eigenvalue weighted by atomic mass is 9.71. The van der Waals surface area contributed by atoms with Crippen molar-refractivity contribution in [2.45, 2.75) is 32.2 Å². The van der Waals surface area contributed by atoms with Crippen molar-refractivity contribution in [2.75, 3.05) is 13.2 Å². The molecule has 4 atom stereocenters. The van der Waals surface area contributed by atoms with E-state index in [-0.39, 0.29) is 0 Å². The first-order chi connectivity index (χ1) is 6.81. The Bertz CT molecular complexity index is 214. The van der Waals surface area contributed by atoms with Crippen molar-refractivity contribution < 1.29 is 5.11 Å². The number of hydrogen-bond donors (Lipinski definition) is 2. The molecule has 1 saturated carbocycles. The van der Waals surface area contributed by atoms with Crippen LogP contribution in [-0.2, 0) is 0 Å². The van der Waals surface area contributed by atoms with Gasteiger partial charge in [0, 0.05) is 12.6 Å². The summed E-state index contributed by atoms with van der Waals surface area (Å²) in [6.45, 7) is 3.58. The second-order valence-electron chi connectivity index (χ2n) is 4.87. The fourth-order valence-corrected chi connectivity index (χ4v) is 2.62. The van der Waals surface area contributed by atoms with E-state index in [2.05, 4.69) is 24.4 Å². The molecule has 14 heavy (non-hydrogen) atoms. The predicted molar refractivity (Wildman–Crippen MR) is 58.0 cm³/mol. The maximum absolute atomic E-state index is 8.78. The third-order valence-corrected chi connectivity index (χ3v) is 3.71. The topological polar surface area (TPSA) is 32.3 Å². The molecule has 0 radical (unpaired) electrons. The van der Waals surface area contributed by atoms with Crippen LogP contribution in [0.25, 0.3) is 0 Å². The monoisotopic (exact) mass is 195 g/mol. The molecular formula is C12H21NO. The van der Waals surface area contributed by atoms with E-state index < -0.39 is 0 Å². The van der Waals surface area contributed by atoms with Gasteiger partial charge in [-0.1, -0.05) is 19.1 Å². The number of aliphatic hydroxyl groups is 1. The van der Waals surface area contributed by atoms with E-state index in [1.54, 1.807) is 0 Å². The van der Waals surface area contributed by atoms with Crippen LogP contribution in [0.15, 0.2) is 12.2 Å². The first-order valence-corrected chi connectivity index (χ1v) is 5.82. The molecule has 0 aliphatic heterocycles. The van der Waals surface area contributed by atoms with Crippen molar-refractivity contribution in [3.8, 4) is 0 Å². The van der Waals surface area contributed by atoms with Gasteiger partial charge in [-0.25, -0.2) is 0 Å². The highest BCUT2D eigenvalue weighted by Crippen LogP contribution is 2.42. The second-order valence-corrected chi connectivity index (χ2v) is 4.87. The lowest BCUT2D eigenvalue weighted by Crippen LogP contribution is -2.49. The molecule has 0 aromatic heterocycles. The summed E-state index contributed by atoms with van der Waals surface area (Å²) in [7, 11) is 0. The highest BCUT2D eigenvalue weighted by Gasteiger charge is 2.40. The lowest BCUT2D eigenvalue weighted by molar-refractivity contribution is 0.155. The van der Waals surface area contributed by atoms with Gasteiger partial charge >= 0.3 is 0 Å². The molecule has 0 aromatic carbocycles. The largest absolute Gasteiger partial charge is 0.396 e. The Morgan fingerprint density at radius 2 is 2.43 bits per heavy atom. The lowest BCUT2D eigenvalue weighted by Gasteiger charge is -2.41. The molecule has 0 aromatic rings. The van der Waals surface area contributed by atoms with E-state index in [0.29, 0.717) is 12.5 Å².